The highest BCUT2D eigenvalue weighted by Crippen LogP contribution is 2.30. The molecule has 1 aliphatic rings. The zero-order valence-electron chi connectivity index (χ0n) is 18.8. The van der Waals surface area contributed by atoms with Gasteiger partial charge in [-0.3, -0.25) is 9.59 Å². The summed E-state index contributed by atoms with van der Waals surface area (Å²) >= 11 is 5.94. The minimum atomic E-state index is -0.397. The number of carbonyl (C=O) groups is 2. The summed E-state index contributed by atoms with van der Waals surface area (Å²) < 4.78 is 5.99. The van der Waals surface area contributed by atoms with Gasteiger partial charge in [-0.1, -0.05) is 60.1 Å². The Hall–Kier alpha value is -3.83. The lowest BCUT2D eigenvalue weighted by Gasteiger charge is -2.23. The number of hydrogen-bond donors (Lipinski definition) is 2. The minimum absolute atomic E-state index is 0.147. The van der Waals surface area contributed by atoms with Crippen LogP contribution in [-0.4, -0.2) is 24.5 Å². The Morgan fingerprint density at radius 3 is 2.44 bits per heavy atom. The summed E-state index contributed by atoms with van der Waals surface area (Å²) in [6.07, 6.45) is 4.04. The number of ether oxygens (including phenoxy) is 1. The van der Waals surface area contributed by atoms with Crippen LogP contribution < -0.4 is 15.4 Å². The molecule has 0 aromatic heterocycles. The van der Waals surface area contributed by atoms with E-state index in [9.17, 15) is 9.59 Å². The SMILES string of the molecule is CC1Oc2ccccc2C=C1C=C(NC(=O)c1ccc(Cl)cc1)C(=O)NCCc1ccccc1. The zero-order valence-corrected chi connectivity index (χ0v) is 19.5. The fourth-order valence-electron chi connectivity index (χ4n) is 3.60. The first-order chi connectivity index (χ1) is 16.5. The van der Waals surface area contributed by atoms with Gasteiger partial charge in [0, 0.05) is 22.7 Å². The van der Waals surface area contributed by atoms with E-state index in [0.717, 1.165) is 22.4 Å². The number of rotatable bonds is 7. The third-order valence-corrected chi connectivity index (χ3v) is 5.72. The van der Waals surface area contributed by atoms with Crippen molar-refractivity contribution in [1.29, 1.82) is 0 Å². The summed E-state index contributed by atoms with van der Waals surface area (Å²) in [6.45, 7) is 2.34. The predicted octanol–water partition coefficient (Wildman–Crippen LogP) is 5.18. The highest BCUT2D eigenvalue weighted by atomic mass is 35.5. The number of fused-ring (bicyclic) bond motifs is 1. The molecule has 2 amide bonds. The molecule has 4 rings (SSSR count). The van der Waals surface area contributed by atoms with E-state index in [1.807, 2.05) is 67.6 Å². The van der Waals surface area contributed by atoms with Crippen LogP contribution in [0.4, 0.5) is 0 Å². The highest BCUT2D eigenvalue weighted by Gasteiger charge is 2.21. The lowest BCUT2D eigenvalue weighted by molar-refractivity contribution is -0.117. The third-order valence-electron chi connectivity index (χ3n) is 5.47. The van der Waals surface area contributed by atoms with Gasteiger partial charge in [-0.15, -0.1) is 0 Å². The number of hydrogen-bond acceptors (Lipinski definition) is 3. The lowest BCUT2D eigenvalue weighted by atomic mass is 10.0. The van der Waals surface area contributed by atoms with Crippen LogP contribution in [0, 0.1) is 0 Å². The molecule has 0 saturated heterocycles. The van der Waals surface area contributed by atoms with E-state index >= 15 is 0 Å². The highest BCUT2D eigenvalue weighted by molar-refractivity contribution is 6.30. The summed E-state index contributed by atoms with van der Waals surface area (Å²) in [6, 6.07) is 24.1. The maximum absolute atomic E-state index is 13.1. The first-order valence-electron chi connectivity index (χ1n) is 11.1. The average Bonchev–Trinajstić information content (AvgIpc) is 2.85. The van der Waals surface area contributed by atoms with Gasteiger partial charge in [0.1, 0.15) is 17.6 Å². The fraction of sp³-hybridized carbons (Fsp3) is 0.143. The molecular formula is C28H25ClN2O3. The van der Waals surface area contributed by atoms with Crippen LogP contribution in [0.25, 0.3) is 6.08 Å². The molecule has 3 aromatic rings. The van der Waals surface area contributed by atoms with Crippen molar-refractivity contribution in [1.82, 2.24) is 10.6 Å². The van der Waals surface area contributed by atoms with Crippen molar-refractivity contribution in [2.75, 3.05) is 6.54 Å². The molecule has 6 heteroatoms. The Bertz CT molecular complexity index is 1230. The van der Waals surface area contributed by atoms with Crippen LogP contribution in [0.15, 0.2) is 96.2 Å². The molecule has 0 radical (unpaired) electrons. The van der Waals surface area contributed by atoms with Gasteiger partial charge >= 0.3 is 0 Å². The zero-order chi connectivity index (χ0) is 23.9. The lowest BCUT2D eigenvalue weighted by Crippen LogP contribution is -2.36. The molecule has 3 aromatic carbocycles. The van der Waals surface area contributed by atoms with Gasteiger partial charge in [0.25, 0.3) is 11.8 Å². The van der Waals surface area contributed by atoms with E-state index in [2.05, 4.69) is 10.6 Å². The fourth-order valence-corrected chi connectivity index (χ4v) is 3.73. The number of para-hydroxylation sites is 1. The molecular weight excluding hydrogens is 448 g/mol. The van der Waals surface area contributed by atoms with E-state index in [4.69, 9.17) is 16.3 Å². The van der Waals surface area contributed by atoms with Gasteiger partial charge in [-0.25, -0.2) is 0 Å². The number of benzene rings is 3. The second-order valence-electron chi connectivity index (χ2n) is 7.95. The number of nitrogens with one attached hydrogen (secondary N) is 2. The van der Waals surface area contributed by atoms with Gasteiger partial charge in [0.05, 0.1) is 0 Å². The molecule has 5 nitrogen and oxygen atoms in total. The maximum atomic E-state index is 13.1. The summed E-state index contributed by atoms with van der Waals surface area (Å²) in [7, 11) is 0. The average molecular weight is 473 g/mol. The van der Waals surface area contributed by atoms with E-state index < -0.39 is 5.91 Å². The van der Waals surface area contributed by atoms with Crippen LogP contribution in [0.1, 0.15) is 28.4 Å². The summed E-state index contributed by atoms with van der Waals surface area (Å²) in [5.74, 6) is 0.0166. The Morgan fingerprint density at radius 1 is 0.971 bits per heavy atom. The maximum Gasteiger partial charge on any atom is 0.267 e. The first kappa shape index (κ1) is 23.3. The van der Waals surface area contributed by atoms with Gasteiger partial charge in [0.2, 0.25) is 0 Å². The van der Waals surface area contributed by atoms with Crippen molar-refractivity contribution in [2.45, 2.75) is 19.4 Å². The summed E-state index contributed by atoms with van der Waals surface area (Å²) in [5.41, 5.74) is 3.36. The molecule has 2 N–H and O–H groups in total. The largest absolute Gasteiger partial charge is 0.485 e. The smallest absolute Gasteiger partial charge is 0.267 e. The summed E-state index contributed by atoms with van der Waals surface area (Å²) in [5, 5.41) is 6.20. The van der Waals surface area contributed by atoms with Crippen molar-refractivity contribution in [3.63, 3.8) is 0 Å². The number of amides is 2. The second kappa shape index (κ2) is 10.9. The Kier molecular flexibility index (Phi) is 7.45. The summed E-state index contributed by atoms with van der Waals surface area (Å²) in [4.78, 5) is 26.0. The Labute approximate surface area is 204 Å². The van der Waals surface area contributed by atoms with Crippen molar-refractivity contribution < 1.29 is 14.3 Å². The van der Waals surface area contributed by atoms with Crippen LogP contribution >= 0.6 is 11.6 Å². The van der Waals surface area contributed by atoms with E-state index in [1.54, 1.807) is 30.3 Å². The van der Waals surface area contributed by atoms with Gasteiger partial charge in [0.15, 0.2) is 0 Å². The third kappa shape index (κ3) is 5.94. The van der Waals surface area contributed by atoms with Crippen molar-refractivity contribution >= 4 is 29.5 Å². The quantitative estimate of drug-likeness (QED) is 0.466. The molecule has 0 spiro atoms. The normalized spacial score (nSPS) is 14.9. The number of carbonyl (C=O) groups excluding carboxylic acids is 2. The standard InChI is InChI=1S/C28H25ClN2O3/c1-19-23(17-22-9-5-6-10-26(22)34-19)18-25(31-27(32)21-11-13-24(29)14-12-21)28(33)30-16-15-20-7-3-2-4-8-20/h2-14,17-19H,15-16H2,1H3,(H,30,33)(H,31,32). The van der Waals surface area contributed by atoms with E-state index in [0.29, 0.717) is 23.6 Å². The molecule has 0 saturated carbocycles. The van der Waals surface area contributed by atoms with Crippen molar-refractivity contribution in [2.24, 2.45) is 0 Å². The molecule has 0 bridgehead atoms. The van der Waals surface area contributed by atoms with E-state index in [1.165, 1.54) is 0 Å². The van der Waals surface area contributed by atoms with Crippen LogP contribution in [0.5, 0.6) is 5.75 Å². The van der Waals surface area contributed by atoms with Crippen LogP contribution in [0.2, 0.25) is 5.02 Å². The molecule has 34 heavy (non-hydrogen) atoms. The Morgan fingerprint density at radius 2 is 1.68 bits per heavy atom. The molecule has 1 aliphatic heterocycles. The Balaban J connectivity index is 1.56. The van der Waals surface area contributed by atoms with Crippen molar-refractivity contribution in [3.8, 4) is 5.75 Å². The van der Waals surface area contributed by atoms with Crippen LogP contribution in [-0.2, 0) is 11.2 Å². The number of halogens is 1. The molecule has 0 aliphatic carbocycles. The molecule has 172 valence electrons. The first-order valence-corrected chi connectivity index (χ1v) is 11.5. The van der Waals surface area contributed by atoms with Gasteiger partial charge < -0.3 is 15.4 Å². The predicted molar refractivity (Wildman–Crippen MR) is 135 cm³/mol. The topological polar surface area (TPSA) is 67.4 Å². The van der Waals surface area contributed by atoms with Gasteiger partial charge in [-0.05, 0) is 67.0 Å². The molecule has 1 atom stereocenters. The minimum Gasteiger partial charge on any atom is -0.485 e. The monoisotopic (exact) mass is 472 g/mol. The van der Waals surface area contributed by atoms with Gasteiger partial charge in [-0.2, -0.15) is 0 Å². The van der Waals surface area contributed by atoms with E-state index in [-0.39, 0.29) is 17.7 Å². The molecule has 0 fully saturated rings. The van der Waals surface area contributed by atoms with Crippen molar-refractivity contribution in [3.05, 3.63) is 118 Å². The molecule has 1 unspecified atom stereocenters. The van der Waals surface area contributed by atoms with Crippen LogP contribution in [0.3, 0.4) is 0 Å². The second-order valence-corrected chi connectivity index (χ2v) is 8.39. The molecule has 1 heterocycles.